The van der Waals surface area contributed by atoms with Crippen molar-refractivity contribution in [3.63, 3.8) is 0 Å². The molecule has 0 bridgehead atoms. The molecule has 94 valence electrons. The maximum absolute atomic E-state index is 9.22. The van der Waals surface area contributed by atoms with Gasteiger partial charge in [-0.1, -0.05) is 0 Å². The molecule has 0 unspecified atom stereocenters. The van der Waals surface area contributed by atoms with Gasteiger partial charge in [-0.25, -0.2) is 0 Å². The summed E-state index contributed by atoms with van der Waals surface area (Å²) in [7, 11) is 0. The van der Waals surface area contributed by atoms with Crippen LogP contribution in [0.2, 0.25) is 0 Å². The molecule has 4 N–H and O–H groups in total. The van der Waals surface area contributed by atoms with Crippen LogP contribution >= 0.6 is 0 Å². The van der Waals surface area contributed by atoms with Gasteiger partial charge in [-0.3, -0.25) is 0 Å². The Balaban J connectivity index is 1.79. The van der Waals surface area contributed by atoms with Crippen molar-refractivity contribution in [1.29, 1.82) is 0 Å². The van der Waals surface area contributed by atoms with Gasteiger partial charge in [0, 0.05) is 5.56 Å². The largest absolute Gasteiger partial charge is 0.508 e. The molecule has 1 aromatic carbocycles. The normalized spacial score (nSPS) is 24.8. The molecule has 0 radical (unpaired) electrons. The molecule has 1 aromatic rings. The smallest absolute Gasteiger partial charge is 0.127 e. The van der Waals surface area contributed by atoms with Gasteiger partial charge in [-0.05, 0) is 24.3 Å². The van der Waals surface area contributed by atoms with Crippen LogP contribution in [0.1, 0.15) is 5.56 Å². The summed E-state index contributed by atoms with van der Waals surface area (Å²) in [5, 5.41) is 18.1. The van der Waals surface area contributed by atoms with Crippen molar-refractivity contribution in [1.82, 2.24) is 0 Å². The summed E-state index contributed by atoms with van der Waals surface area (Å²) in [6.07, 6.45) is 0. The number of phenols is 1. The zero-order valence-electron chi connectivity index (χ0n) is 10.2. The van der Waals surface area contributed by atoms with Gasteiger partial charge in [0.2, 0.25) is 0 Å². The first-order chi connectivity index (χ1) is 8.28. The number of piperazine rings is 1. The van der Waals surface area contributed by atoms with Gasteiger partial charge in [-0.15, -0.1) is 0 Å². The van der Waals surface area contributed by atoms with Gasteiger partial charge < -0.3 is 20.0 Å². The first-order valence-electron chi connectivity index (χ1n) is 6.34. The summed E-state index contributed by atoms with van der Waals surface area (Å²) in [5.41, 5.74) is 1.28. The number of aromatic hydroxyl groups is 1. The Kier molecular flexibility index (Phi) is 4.36. The van der Waals surface area contributed by atoms with E-state index < -0.39 is 0 Å². The number of aliphatic hydroxyl groups is 1. The molecule has 0 atom stereocenters. The average Bonchev–Trinajstić information content (AvgIpc) is 2.35. The molecule has 2 rings (SSSR count). The Morgan fingerprint density at radius 3 is 2.12 bits per heavy atom. The minimum Gasteiger partial charge on any atom is -0.508 e. The van der Waals surface area contributed by atoms with Crippen LogP contribution in [0.5, 0.6) is 5.75 Å². The van der Waals surface area contributed by atoms with Crippen LogP contribution in [0.3, 0.4) is 0 Å². The highest BCUT2D eigenvalue weighted by molar-refractivity contribution is 5.25. The standard InChI is InChI=1S/C13H20N2O2/c16-10-9-14-5-7-15(8-6-14)11-12-1-3-13(17)4-2-12/h1-4,16-17H,5-11H2/p+2. The first kappa shape index (κ1) is 12.4. The molecule has 1 fully saturated rings. The van der Waals surface area contributed by atoms with E-state index in [-0.39, 0.29) is 0 Å². The molecule has 0 aliphatic carbocycles. The van der Waals surface area contributed by atoms with Crippen LogP contribution < -0.4 is 9.80 Å². The summed E-state index contributed by atoms with van der Waals surface area (Å²) in [5.74, 6) is 0.334. The summed E-state index contributed by atoms with van der Waals surface area (Å²) in [6.45, 7) is 6.83. The van der Waals surface area contributed by atoms with E-state index >= 15 is 0 Å². The molecule has 1 saturated heterocycles. The Morgan fingerprint density at radius 1 is 0.941 bits per heavy atom. The lowest BCUT2D eigenvalue weighted by Gasteiger charge is -2.29. The highest BCUT2D eigenvalue weighted by atomic mass is 16.3. The predicted octanol–water partition coefficient (Wildman–Crippen LogP) is -2.33. The molecule has 1 aliphatic rings. The lowest BCUT2D eigenvalue weighted by molar-refractivity contribution is -1.02. The third kappa shape index (κ3) is 3.70. The number of nitrogens with one attached hydrogen (secondary N) is 2. The van der Waals surface area contributed by atoms with Crippen molar-refractivity contribution >= 4 is 0 Å². The molecular formula is C13H22N2O2+2. The van der Waals surface area contributed by atoms with Gasteiger partial charge in [-0.2, -0.15) is 0 Å². The predicted molar refractivity (Wildman–Crippen MR) is 65.2 cm³/mol. The Hall–Kier alpha value is -1.10. The highest BCUT2D eigenvalue weighted by Crippen LogP contribution is 2.08. The van der Waals surface area contributed by atoms with E-state index in [2.05, 4.69) is 0 Å². The molecule has 0 amide bonds. The molecule has 0 spiro atoms. The average molecular weight is 238 g/mol. The molecule has 1 aliphatic heterocycles. The fourth-order valence-electron chi connectivity index (χ4n) is 2.44. The Labute approximate surface area is 102 Å². The Bertz CT molecular complexity index is 332. The molecule has 0 saturated carbocycles. The summed E-state index contributed by atoms with van der Waals surface area (Å²) in [6, 6.07) is 7.49. The zero-order valence-corrected chi connectivity index (χ0v) is 10.2. The van der Waals surface area contributed by atoms with E-state index in [0.717, 1.165) is 39.3 Å². The van der Waals surface area contributed by atoms with Crippen LogP contribution in [-0.4, -0.2) is 49.5 Å². The second-order valence-corrected chi connectivity index (χ2v) is 4.82. The van der Waals surface area contributed by atoms with Gasteiger partial charge in [0.25, 0.3) is 0 Å². The molecule has 4 heteroatoms. The summed E-state index contributed by atoms with van der Waals surface area (Å²) >= 11 is 0. The van der Waals surface area contributed by atoms with Crippen molar-refractivity contribution < 1.29 is 20.0 Å². The monoisotopic (exact) mass is 238 g/mol. The number of benzene rings is 1. The van der Waals surface area contributed by atoms with Crippen LogP contribution in [0.15, 0.2) is 24.3 Å². The number of rotatable bonds is 4. The van der Waals surface area contributed by atoms with Crippen molar-refractivity contribution in [2.75, 3.05) is 39.3 Å². The van der Waals surface area contributed by atoms with Crippen LogP contribution in [-0.2, 0) is 6.54 Å². The minimum atomic E-state index is 0.294. The number of phenolic OH excluding ortho intramolecular Hbond substituents is 1. The Morgan fingerprint density at radius 2 is 1.53 bits per heavy atom. The van der Waals surface area contributed by atoms with E-state index in [1.54, 1.807) is 17.0 Å². The molecule has 17 heavy (non-hydrogen) atoms. The van der Waals surface area contributed by atoms with E-state index in [1.807, 2.05) is 12.1 Å². The van der Waals surface area contributed by atoms with Gasteiger partial charge in [0.1, 0.15) is 45.0 Å². The van der Waals surface area contributed by atoms with Crippen LogP contribution in [0, 0.1) is 0 Å². The van der Waals surface area contributed by atoms with Crippen molar-refractivity contribution in [2.24, 2.45) is 0 Å². The van der Waals surface area contributed by atoms with Crippen LogP contribution in [0.25, 0.3) is 0 Å². The second-order valence-electron chi connectivity index (χ2n) is 4.82. The van der Waals surface area contributed by atoms with Gasteiger partial charge in [0.05, 0.1) is 6.61 Å². The fourth-order valence-corrected chi connectivity index (χ4v) is 2.44. The number of hydrogen-bond donors (Lipinski definition) is 4. The van der Waals surface area contributed by atoms with Gasteiger partial charge in [0.15, 0.2) is 0 Å². The topological polar surface area (TPSA) is 49.3 Å². The quantitative estimate of drug-likeness (QED) is 0.475. The van der Waals surface area contributed by atoms with Crippen LogP contribution in [0.4, 0.5) is 0 Å². The lowest BCUT2D eigenvalue weighted by Crippen LogP contribution is -3.27. The SMILES string of the molecule is OCC[NH+]1CC[NH+](Cc2ccc(O)cc2)CC1. The number of quaternary nitrogens is 2. The van der Waals surface area contributed by atoms with E-state index in [0.29, 0.717) is 12.4 Å². The van der Waals surface area contributed by atoms with E-state index in [9.17, 15) is 5.11 Å². The molecular weight excluding hydrogens is 216 g/mol. The van der Waals surface area contributed by atoms with Crippen molar-refractivity contribution in [2.45, 2.75) is 6.54 Å². The van der Waals surface area contributed by atoms with Gasteiger partial charge >= 0.3 is 0 Å². The molecule has 4 nitrogen and oxygen atoms in total. The zero-order chi connectivity index (χ0) is 12.1. The third-order valence-corrected chi connectivity index (χ3v) is 3.52. The minimum absolute atomic E-state index is 0.294. The van der Waals surface area contributed by atoms with Crippen molar-refractivity contribution in [3.8, 4) is 5.75 Å². The summed E-state index contributed by atoms with van der Waals surface area (Å²) < 4.78 is 0. The summed E-state index contributed by atoms with van der Waals surface area (Å²) in [4.78, 5) is 3.11. The highest BCUT2D eigenvalue weighted by Gasteiger charge is 2.22. The molecule has 0 aromatic heterocycles. The van der Waals surface area contributed by atoms with E-state index in [4.69, 9.17) is 5.11 Å². The number of aliphatic hydroxyl groups excluding tert-OH is 1. The third-order valence-electron chi connectivity index (χ3n) is 3.52. The lowest BCUT2D eigenvalue weighted by atomic mass is 10.2. The number of hydrogen-bond acceptors (Lipinski definition) is 2. The maximum Gasteiger partial charge on any atom is 0.127 e. The van der Waals surface area contributed by atoms with E-state index in [1.165, 1.54) is 10.5 Å². The second kappa shape index (κ2) is 6.00. The molecule has 1 heterocycles. The maximum atomic E-state index is 9.22. The fraction of sp³-hybridized carbons (Fsp3) is 0.538. The first-order valence-corrected chi connectivity index (χ1v) is 6.34. The van der Waals surface area contributed by atoms with Crippen molar-refractivity contribution in [3.05, 3.63) is 29.8 Å².